The SMILES string of the molecule is C=CCCC1SCCCS1. The van der Waals surface area contributed by atoms with E-state index >= 15 is 0 Å². The van der Waals surface area contributed by atoms with E-state index in [0.717, 1.165) is 4.58 Å². The van der Waals surface area contributed by atoms with Crippen LogP contribution >= 0.6 is 23.5 Å². The number of rotatable bonds is 3. The van der Waals surface area contributed by atoms with Crippen molar-refractivity contribution in [1.29, 1.82) is 0 Å². The van der Waals surface area contributed by atoms with Crippen molar-refractivity contribution in [2.45, 2.75) is 23.8 Å². The molecule has 0 radical (unpaired) electrons. The Hall–Kier alpha value is 0.440. The molecule has 0 spiro atoms. The molecule has 1 aliphatic heterocycles. The lowest BCUT2D eigenvalue weighted by Gasteiger charge is -2.19. The summed E-state index contributed by atoms with van der Waals surface area (Å²) in [6.45, 7) is 3.73. The minimum atomic E-state index is 0.867. The minimum Gasteiger partial charge on any atom is -0.148 e. The average Bonchev–Trinajstić information content (AvgIpc) is 2.03. The molecule has 0 aromatic heterocycles. The monoisotopic (exact) mass is 174 g/mol. The molecule has 1 saturated heterocycles. The van der Waals surface area contributed by atoms with Crippen LogP contribution in [0.5, 0.6) is 0 Å². The Bertz CT molecular complexity index is 95.4. The molecule has 0 bridgehead atoms. The molecule has 0 N–H and O–H groups in total. The quantitative estimate of drug-likeness (QED) is 0.603. The molecular formula is C8H14S2. The Balaban J connectivity index is 2.07. The third kappa shape index (κ3) is 3.02. The maximum atomic E-state index is 3.73. The molecule has 1 rings (SSSR count). The molecule has 0 unspecified atom stereocenters. The van der Waals surface area contributed by atoms with Gasteiger partial charge in [-0.1, -0.05) is 6.08 Å². The van der Waals surface area contributed by atoms with Crippen molar-refractivity contribution in [3.05, 3.63) is 12.7 Å². The molecular weight excluding hydrogens is 160 g/mol. The van der Waals surface area contributed by atoms with Crippen LogP contribution in [0, 0.1) is 0 Å². The molecule has 2 heteroatoms. The van der Waals surface area contributed by atoms with E-state index < -0.39 is 0 Å². The summed E-state index contributed by atoms with van der Waals surface area (Å²) in [4.78, 5) is 0. The highest BCUT2D eigenvalue weighted by Crippen LogP contribution is 2.33. The zero-order valence-electron chi connectivity index (χ0n) is 6.21. The fourth-order valence-corrected chi connectivity index (χ4v) is 3.86. The molecule has 1 aliphatic rings. The van der Waals surface area contributed by atoms with Crippen molar-refractivity contribution < 1.29 is 0 Å². The summed E-state index contributed by atoms with van der Waals surface area (Å²) >= 11 is 4.24. The largest absolute Gasteiger partial charge is 0.148 e. The molecule has 0 nitrogen and oxygen atoms in total. The van der Waals surface area contributed by atoms with Crippen molar-refractivity contribution in [1.82, 2.24) is 0 Å². The van der Waals surface area contributed by atoms with E-state index in [4.69, 9.17) is 0 Å². The number of hydrogen-bond donors (Lipinski definition) is 0. The van der Waals surface area contributed by atoms with Crippen molar-refractivity contribution in [3.8, 4) is 0 Å². The Labute approximate surface area is 71.8 Å². The van der Waals surface area contributed by atoms with Crippen LogP contribution in [0.1, 0.15) is 19.3 Å². The summed E-state index contributed by atoms with van der Waals surface area (Å²) in [5, 5.41) is 0. The van der Waals surface area contributed by atoms with Crippen LogP contribution in [0.4, 0.5) is 0 Å². The summed E-state index contributed by atoms with van der Waals surface area (Å²) in [6, 6.07) is 0. The summed E-state index contributed by atoms with van der Waals surface area (Å²) in [5.41, 5.74) is 0. The van der Waals surface area contributed by atoms with Crippen LogP contribution in [-0.2, 0) is 0 Å². The van der Waals surface area contributed by atoms with E-state index in [1.807, 2.05) is 6.08 Å². The maximum absolute atomic E-state index is 3.73. The van der Waals surface area contributed by atoms with E-state index in [1.54, 1.807) is 0 Å². The van der Waals surface area contributed by atoms with Gasteiger partial charge in [0.25, 0.3) is 0 Å². The van der Waals surface area contributed by atoms with Crippen molar-refractivity contribution in [3.63, 3.8) is 0 Å². The standard InChI is InChI=1S/C8H14S2/c1-2-3-5-8-9-6-4-7-10-8/h2,8H,1,3-7H2. The van der Waals surface area contributed by atoms with Gasteiger partial charge in [-0.3, -0.25) is 0 Å². The third-order valence-corrected chi connectivity index (χ3v) is 4.58. The lowest BCUT2D eigenvalue weighted by Crippen LogP contribution is -2.05. The first-order valence-electron chi connectivity index (χ1n) is 3.77. The van der Waals surface area contributed by atoms with Gasteiger partial charge in [0, 0.05) is 0 Å². The van der Waals surface area contributed by atoms with Crippen molar-refractivity contribution in [2.24, 2.45) is 0 Å². The highest BCUT2D eigenvalue weighted by molar-refractivity contribution is 8.17. The third-order valence-electron chi connectivity index (χ3n) is 1.50. The molecule has 0 saturated carbocycles. The van der Waals surface area contributed by atoms with Crippen LogP contribution in [0.15, 0.2) is 12.7 Å². The van der Waals surface area contributed by atoms with Gasteiger partial charge in [-0.15, -0.1) is 30.1 Å². The molecule has 10 heavy (non-hydrogen) atoms. The zero-order chi connectivity index (χ0) is 7.23. The molecule has 58 valence electrons. The molecule has 1 heterocycles. The van der Waals surface area contributed by atoms with E-state index in [9.17, 15) is 0 Å². The van der Waals surface area contributed by atoms with Gasteiger partial charge in [0.15, 0.2) is 0 Å². The van der Waals surface area contributed by atoms with Crippen LogP contribution in [-0.4, -0.2) is 16.1 Å². The highest BCUT2D eigenvalue weighted by Gasteiger charge is 2.12. The van der Waals surface area contributed by atoms with Gasteiger partial charge in [-0.25, -0.2) is 0 Å². The van der Waals surface area contributed by atoms with E-state index in [-0.39, 0.29) is 0 Å². The van der Waals surface area contributed by atoms with E-state index in [2.05, 4.69) is 30.1 Å². The Kier molecular flexibility index (Phi) is 4.39. The van der Waals surface area contributed by atoms with Crippen LogP contribution in [0.2, 0.25) is 0 Å². The predicted octanol–water partition coefficient (Wildman–Crippen LogP) is 3.15. The van der Waals surface area contributed by atoms with Crippen molar-refractivity contribution in [2.75, 3.05) is 11.5 Å². The number of allylic oxidation sites excluding steroid dienone is 1. The first-order chi connectivity index (χ1) is 4.93. The van der Waals surface area contributed by atoms with Gasteiger partial charge in [0.05, 0.1) is 4.58 Å². The van der Waals surface area contributed by atoms with Crippen LogP contribution in [0.3, 0.4) is 0 Å². The zero-order valence-corrected chi connectivity index (χ0v) is 7.85. The summed E-state index contributed by atoms with van der Waals surface area (Å²) < 4.78 is 0.867. The highest BCUT2D eigenvalue weighted by atomic mass is 32.2. The molecule has 0 atom stereocenters. The van der Waals surface area contributed by atoms with Gasteiger partial charge in [-0.05, 0) is 30.8 Å². The second-order valence-electron chi connectivity index (χ2n) is 2.39. The minimum absolute atomic E-state index is 0.867. The molecule has 0 aromatic rings. The molecule has 0 amide bonds. The molecule has 0 aliphatic carbocycles. The smallest absolute Gasteiger partial charge is 0.0505 e. The van der Waals surface area contributed by atoms with Gasteiger partial charge in [0.1, 0.15) is 0 Å². The first-order valence-corrected chi connectivity index (χ1v) is 5.87. The average molecular weight is 174 g/mol. The fraction of sp³-hybridized carbons (Fsp3) is 0.750. The number of thioether (sulfide) groups is 2. The van der Waals surface area contributed by atoms with Crippen molar-refractivity contribution >= 4 is 23.5 Å². The second-order valence-corrected chi connectivity index (χ2v) is 5.31. The second kappa shape index (κ2) is 5.14. The van der Waals surface area contributed by atoms with E-state index in [1.165, 1.54) is 30.8 Å². The Morgan fingerprint density at radius 1 is 1.40 bits per heavy atom. The lowest BCUT2D eigenvalue weighted by atomic mass is 10.3. The van der Waals surface area contributed by atoms with Gasteiger partial charge >= 0.3 is 0 Å². The van der Waals surface area contributed by atoms with Gasteiger partial charge < -0.3 is 0 Å². The summed E-state index contributed by atoms with van der Waals surface area (Å²) in [7, 11) is 0. The van der Waals surface area contributed by atoms with Crippen LogP contribution in [0.25, 0.3) is 0 Å². The Morgan fingerprint density at radius 2 is 2.10 bits per heavy atom. The van der Waals surface area contributed by atoms with Gasteiger partial charge in [-0.2, -0.15) is 0 Å². The Morgan fingerprint density at radius 3 is 2.70 bits per heavy atom. The summed E-state index contributed by atoms with van der Waals surface area (Å²) in [6.07, 6.45) is 5.93. The van der Waals surface area contributed by atoms with E-state index in [0.29, 0.717) is 0 Å². The lowest BCUT2D eigenvalue weighted by molar-refractivity contribution is 0.926. The summed E-state index contributed by atoms with van der Waals surface area (Å²) in [5.74, 6) is 2.74. The maximum Gasteiger partial charge on any atom is 0.0505 e. The first kappa shape index (κ1) is 8.54. The topological polar surface area (TPSA) is 0 Å². The molecule has 1 fully saturated rings. The van der Waals surface area contributed by atoms with Crippen LogP contribution < -0.4 is 0 Å². The molecule has 0 aromatic carbocycles. The number of hydrogen-bond acceptors (Lipinski definition) is 2. The normalized spacial score (nSPS) is 20.8. The van der Waals surface area contributed by atoms with Gasteiger partial charge in [0.2, 0.25) is 0 Å². The predicted molar refractivity (Wildman–Crippen MR) is 52.8 cm³/mol. The fourth-order valence-electron chi connectivity index (χ4n) is 0.957.